The van der Waals surface area contributed by atoms with Crippen molar-refractivity contribution in [3.05, 3.63) is 52.6 Å². The molecular formula is C23H28N2O7. The van der Waals surface area contributed by atoms with Crippen molar-refractivity contribution in [3.63, 3.8) is 0 Å². The van der Waals surface area contributed by atoms with E-state index < -0.39 is 24.4 Å². The minimum absolute atomic E-state index is 0.128. The standard InChI is InChI=1S/C23H28N2O7/c1-14-6-7-16(8-15(14)2)23(28)25-12-22(27)32-13-21(26)24-11-17-9-19(30-4)20(31-5)10-18(17)29-3/h6-10H,11-13H2,1-5H3,(H,24,26)(H,25,28). The molecule has 2 aromatic carbocycles. The fraction of sp³-hybridized carbons (Fsp3) is 0.348. The third-order valence-electron chi connectivity index (χ3n) is 4.79. The maximum absolute atomic E-state index is 12.1. The minimum atomic E-state index is -0.721. The molecule has 0 radical (unpaired) electrons. The monoisotopic (exact) mass is 444 g/mol. The summed E-state index contributed by atoms with van der Waals surface area (Å²) < 4.78 is 20.7. The molecule has 0 heterocycles. The molecule has 0 atom stereocenters. The molecule has 0 saturated heterocycles. The molecule has 0 aromatic heterocycles. The smallest absolute Gasteiger partial charge is 0.325 e. The lowest BCUT2D eigenvalue weighted by atomic mass is 10.1. The second-order valence-corrected chi connectivity index (χ2v) is 6.94. The zero-order chi connectivity index (χ0) is 23.7. The lowest BCUT2D eigenvalue weighted by Gasteiger charge is -2.14. The van der Waals surface area contributed by atoms with Crippen LogP contribution in [-0.4, -0.2) is 52.3 Å². The van der Waals surface area contributed by atoms with Crippen molar-refractivity contribution >= 4 is 17.8 Å². The van der Waals surface area contributed by atoms with Gasteiger partial charge in [0.05, 0.1) is 21.3 Å². The second kappa shape index (κ2) is 11.6. The highest BCUT2D eigenvalue weighted by molar-refractivity contribution is 5.96. The van der Waals surface area contributed by atoms with Crippen LogP contribution in [0.1, 0.15) is 27.0 Å². The highest BCUT2D eigenvalue weighted by Crippen LogP contribution is 2.34. The highest BCUT2D eigenvalue weighted by atomic mass is 16.5. The van der Waals surface area contributed by atoms with Gasteiger partial charge in [0.2, 0.25) is 0 Å². The van der Waals surface area contributed by atoms with E-state index in [1.54, 1.807) is 24.3 Å². The number of carbonyl (C=O) groups excluding carboxylic acids is 3. The maximum Gasteiger partial charge on any atom is 0.325 e. The van der Waals surface area contributed by atoms with Crippen LogP contribution in [0.3, 0.4) is 0 Å². The first kappa shape index (κ1) is 24.5. The molecule has 0 fully saturated rings. The average molecular weight is 444 g/mol. The number of hydrogen-bond acceptors (Lipinski definition) is 7. The molecule has 0 aliphatic heterocycles. The molecule has 0 bridgehead atoms. The van der Waals surface area contributed by atoms with Crippen LogP contribution < -0.4 is 24.8 Å². The van der Waals surface area contributed by atoms with Crippen LogP contribution >= 0.6 is 0 Å². The molecule has 9 heteroatoms. The molecule has 2 amide bonds. The molecule has 0 aliphatic carbocycles. The van der Waals surface area contributed by atoms with E-state index in [-0.39, 0.29) is 13.1 Å². The van der Waals surface area contributed by atoms with Crippen molar-refractivity contribution in [2.45, 2.75) is 20.4 Å². The molecular weight excluding hydrogens is 416 g/mol. The fourth-order valence-corrected chi connectivity index (χ4v) is 2.81. The molecule has 0 spiro atoms. The van der Waals surface area contributed by atoms with E-state index in [1.165, 1.54) is 21.3 Å². The van der Waals surface area contributed by atoms with E-state index in [4.69, 9.17) is 18.9 Å². The third-order valence-corrected chi connectivity index (χ3v) is 4.79. The van der Waals surface area contributed by atoms with Gasteiger partial charge in [-0.25, -0.2) is 0 Å². The van der Waals surface area contributed by atoms with Gasteiger partial charge in [-0.05, 0) is 43.2 Å². The maximum atomic E-state index is 12.1. The first-order chi connectivity index (χ1) is 15.3. The molecule has 2 rings (SSSR count). The average Bonchev–Trinajstić information content (AvgIpc) is 2.80. The number of rotatable bonds is 10. The van der Waals surface area contributed by atoms with E-state index >= 15 is 0 Å². The van der Waals surface area contributed by atoms with Crippen LogP contribution in [-0.2, 0) is 20.9 Å². The van der Waals surface area contributed by atoms with E-state index in [0.29, 0.717) is 28.4 Å². The Kier molecular flexibility index (Phi) is 8.88. The Hall–Kier alpha value is -3.75. The first-order valence-electron chi connectivity index (χ1n) is 9.85. The summed E-state index contributed by atoms with van der Waals surface area (Å²) >= 11 is 0. The van der Waals surface area contributed by atoms with E-state index in [9.17, 15) is 14.4 Å². The van der Waals surface area contributed by atoms with E-state index in [1.807, 2.05) is 19.9 Å². The Labute approximate surface area is 187 Å². The number of benzene rings is 2. The SMILES string of the molecule is COc1cc(OC)c(OC)cc1CNC(=O)COC(=O)CNC(=O)c1ccc(C)c(C)c1. The minimum Gasteiger partial charge on any atom is -0.496 e. The van der Waals surface area contributed by atoms with Crippen molar-refractivity contribution in [1.82, 2.24) is 10.6 Å². The van der Waals surface area contributed by atoms with Gasteiger partial charge in [0, 0.05) is 23.7 Å². The van der Waals surface area contributed by atoms with Crippen molar-refractivity contribution in [2.24, 2.45) is 0 Å². The zero-order valence-electron chi connectivity index (χ0n) is 18.9. The van der Waals surface area contributed by atoms with Gasteiger partial charge in [-0.3, -0.25) is 14.4 Å². The normalized spacial score (nSPS) is 10.2. The third kappa shape index (κ3) is 6.63. The van der Waals surface area contributed by atoms with E-state index in [2.05, 4.69) is 10.6 Å². The first-order valence-corrected chi connectivity index (χ1v) is 9.85. The lowest BCUT2D eigenvalue weighted by Crippen LogP contribution is -2.33. The molecule has 2 N–H and O–H groups in total. The number of esters is 1. The quantitative estimate of drug-likeness (QED) is 0.539. The number of hydrogen-bond donors (Lipinski definition) is 2. The Morgan fingerprint density at radius 1 is 0.812 bits per heavy atom. The topological polar surface area (TPSA) is 112 Å². The summed E-state index contributed by atoms with van der Waals surface area (Å²) in [5, 5.41) is 5.12. The summed E-state index contributed by atoms with van der Waals surface area (Å²) in [7, 11) is 4.52. The molecule has 0 saturated carbocycles. The van der Waals surface area contributed by atoms with Crippen molar-refractivity contribution in [3.8, 4) is 17.2 Å². The fourth-order valence-electron chi connectivity index (χ4n) is 2.81. The van der Waals surface area contributed by atoms with Crippen LogP contribution in [0.4, 0.5) is 0 Å². The van der Waals surface area contributed by atoms with E-state index in [0.717, 1.165) is 11.1 Å². The summed E-state index contributed by atoms with van der Waals surface area (Å²) in [5.74, 6) is -0.125. The molecule has 32 heavy (non-hydrogen) atoms. The van der Waals surface area contributed by atoms with Gasteiger partial charge in [0.15, 0.2) is 18.1 Å². The molecule has 172 valence electrons. The van der Waals surface area contributed by atoms with Crippen LogP contribution in [0, 0.1) is 13.8 Å². The van der Waals surface area contributed by atoms with Gasteiger partial charge in [0.1, 0.15) is 12.3 Å². The number of aryl methyl sites for hydroxylation is 2. The summed E-state index contributed by atoms with van der Waals surface area (Å²) in [5.41, 5.74) is 3.15. The van der Waals surface area contributed by atoms with Crippen LogP contribution in [0.5, 0.6) is 17.2 Å². The molecule has 0 unspecified atom stereocenters. The number of methoxy groups -OCH3 is 3. The summed E-state index contributed by atoms with van der Waals surface area (Å²) in [6.07, 6.45) is 0. The summed E-state index contributed by atoms with van der Waals surface area (Å²) in [4.78, 5) is 36.1. The highest BCUT2D eigenvalue weighted by Gasteiger charge is 2.14. The number of carbonyl (C=O) groups is 3. The Balaban J connectivity index is 1.81. The summed E-state index contributed by atoms with van der Waals surface area (Å²) in [6.45, 7) is 3.15. The molecule has 9 nitrogen and oxygen atoms in total. The van der Waals surface area contributed by atoms with Gasteiger partial charge < -0.3 is 29.6 Å². The van der Waals surface area contributed by atoms with Gasteiger partial charge in [-0.1, -0.05) is 6.07 Å². The van der Waals surface area contributed by atoms with Crippen LogP contribution in [0.25, 0.3) is 0 Å². The van der Waals surface area contributed by atoms with Gasteiger partial charge >= 0.3 is 5.97 Å². The van der Waals surface area contributed by atoms with Crippen LogP contribution in [0.2, 0.25) is 0 Å². The zero-order valence-corrected chi connectivity index (χ0v) is 18.9. The summed E-state index contributed by atoms with van der Waals surface area (Å²) in [6, 6.07) is 8.59. The Bertz CT molecular complexity index is 989. The predicted octanol–water partition coefficient (Wildman–Crippen LogP) is 1.92. The van der Waals surface area contributed by atoms with Gasteiger partial charge in [-0.2, -0.15) is 0 Å². The number of nitrogens with one attached hydrogen (secondary N) is 2. The Morgan fingerprint density at radius 2 is 1.47 bits per heavy atom. The Morgan fingerprint density at radius 3 is 2.09 bits per heavy atom. The van der Waals surface area contributed by atoms with Crippen molar-refractivity contribution in [1.29, 1.82) is 0 Å². The molecule has 2 aromatic rings. The molecule has 0 aliphatic rings. The second-order valence-electron chi connectivity index (χ2n) is 6.94. The van der Waals surface area contributed by atoms with Crippen molar-refractivity contribution in [2.75, 3.05) is 34.5 Å². The van der Waals surface area contributed by atoms with Crippen LogP contribution in [0.15, 0.2) is 30.3 Å². The number of amides is 2. The van der Waals surface area contributed by atoms with Gasteiger partial charge in [-0.15, -0.1) is 0 Å². The number of ether oxygens (including phenoxy) is 4. The van der Waals surface area contributed by atoms with Gasteiger partial charge in [0.25, 0.3) is 11.8 Å². The lowest BCUT2D eigenvalue weighted by molar-refractivity contribution is -0.147. The largest absolute Gasteiger partial charge is 0.496 e. The predicted molar refractivity (Wildman–Crippen MR) is 117 cm³/mol. The van der Waals surface area contributed by atoms with Crippen molar-refractivity contribution < 1.29 is 33.3 Å².